The van der Waals surface area contributed by atoms with Gasteiger partial charge in [0.1, 0.15) is 11.4 Å². The van der Waals surface area contributed by atoms with E-state index in [0.717, 1.165) is 4.90 Å². The Kier molecular flexibility index (Phi) is 9.02. The summed E-state index contributed by atoms with van der Waals surface area (Å²) in [5.74, 6) is -10.2. The van der Waals surface area contributed by atoms with Gasteiger partial charge in [-0.2, -0.15) is 0 Å². The number of thiocarbonyl (C=S) groups is 1. The van der Waals surface area contributed by atoms with Crippen LogP contribution in [0.25, 0.3) is 11.3 Å². The Morgan fingerprint density at radius 1 is 0.791 bits per heavy atom. The highest BCUT2D eigenvalue weighted by atomic mass is 35.5. The molecule has 4 aromatic rings. The molecule has 6 nitrogen and oxygen atoms in total. The number of carbonyl (C=O) groups excluding carboxylic acids is 1. The summed E-state index contributed by atoms with van der Waals surface area (Å²) in [6.07, 6.45) is 0. The molecule has 2 N–H and O–H groups in total. The minimum atomic E-state index is -2.20. The molecule has 0 atom stereocenters. The maximum Gasteiger partial charge on any atom is 0.293 e. The van der Waals surface area contributed by atoms with Crippen molar-refractivity contribution in [3.63, 3.8) is 0 Å². The van der Waals surface area contributed by atoms with E-state index in [1.54, 1.807) is 47.4 Å². The molecule has 1 saturated heterocycles. The number of nitrogens with one attached hydrogen (secondary N) is 2. The molecule has 0 radical (unpaired) electrons. The van der Waals surface area contributed by atoms with Crippen molar-refractivity contribution in [1.82, 2.24) is 5.32 Å². The standard InChI is InChI=1S/C28H18Cl3F5N4O2S/c29-15-3-1-2-14(20(15)31)18-6-7-19(42-18)27(41)38-28(43)37-13-4-5-17(16(30)12-13)39-8-10-40(11-9-39)26-24(35)22(33)21(32)23(34)25(26)36/h1-7,12H,8-11H2,(H2,37,38,41,43). The van der Waals surface area contributed by atoms with Crippen molar-refractivity contribution in [3.8, 4) is 11.3 Å². The van der Waals surface area contributed by atoms with E-state index in [0.29, 0.717) is 27.7 Å². The summed E-state index contributed by atoms with van der Waals surface area (Å²) < 4.78 is 74.8. The number of anilines is 3. The molecule has 1 aromatic heterocycles. The molecule has 2 heterocycles. The fourth-order valence-corrected chi connectivity index (χ4v) is 5.41. The number of hydrogen-bond donors (Lipinski definition) is 2. The third-order valence-electron chi connectivity index (χ3n) is 6.60. The maximum absolute atomic E-state index is 14.2. The molecular formula is C28H18Cl3F5N4O2S. The van der Waals surface area contributed by atoms with Gasteiger partial charge in [-0.25, -0.2) is 22.0 Å². The fourth-order valence-electron chi connectivity index (χ4n) is 4.51. The summed E-state index contributed by atoms with van der Waals surface area (Å²) in [5, 5.41) is 6.22. The molecule has 224 valence electrons. The van der Waals surface area contributed by atoms with Crippen molar-refractivity contribution in [1.29, 1.82) is 0 Å². The van der Waals surface area contributed by atoms with Crippen LogP contribution in [0.2, 0.25) is 15.1 Å². The summed E-state index contributed by atoms with van der Waals surface area (Å²) in [6.45, 7) is 0.323. The SMILES string of the molecule is O=C(NC(=S)Nc1ccc(N2CCN(c3c(F)c(F)c(F)c(F)c3F)CC2)c(Cl)c1)c1ccc(-c2cccc(Cl)c2Cl)o1. The van der Waals surface area contributed by atoms with Gasteiger partial charge in [0.05, 0.1) is 20.8 Å². The van der Waals surface area contributed by atoms with E-state index in [2.05, 4.69) is 10.6 Å². The Balaban J connectivity index is 1.19. The molecule has 0 bridgehead atoms. The van der Waals surface area contributed by atoms with Crippen molar-refractivity contribution in [2.75, 3.05) is 41.3 Å². The number of halogens is 8. The van der Waals surface area contributed by atoms with Crippen LogP contribution in [0, 0.1) is 29.1 Å². The predicted octanol–water partition coefficient (Wildman–Crippen LogP) is 8.06. The van der Waals surface area contributed by atoms with Crippen LogP contribution in [0.1, 0.15) is 10.6 Å². The van der Waals surface area contributed by atoms with Crippen molar-refractivity contribution in [2.45, 2.75) is 0 Å². The van der Waals surface area contributed by atoms with Gasteiger partial charge in [-0.3, -0.25) is 10.1 Å². The average Bonchev–Trinajstić information content (AvgIpc) is 3.47. The monoisotopic (exact) mass is 674 g/mol. The third kappa shape index (κ3) is 6.23. The van der Waals surface area contributed by atoms with Crippen LogP contribution >= 0.6 is 47.0 Å². The van der Waals surface area contributed by atoms with Gasteiger partial charge in [0.15, 0.2) is 34.1 Å². The van der Waals surface area contributed by atoms with Crippen molar-refractivity contribution >= 4 is 75.1 Å². The van der Waals surface area contributed by atoms with Gasteiger partial charge in [0.2, 0.25) is 5.82 Å². The highest BCUT2D eigenvalue weighted by Gasteiger charge is 2.31. The molecule has 1 aliphatic rings. The first kappa shape index (κ1) is 30.9. The average molecular weight is 676 g/mol. The van der Waals surface area contributed by atoms with Crippen molar-refractivity contribution < 1.29 is 31.2 Å². The zero-order chi connectivity index (χ0) is 31.0. The van der Waals surface area contributed by atoms with Crippen LogP contribution in [0.4, 0.5) is 39.0 Å². The van der Waals surface area contributed by atoms with Crippen LogP contribution in [-0.2, 0) is 0 Å². The molecule has 0 unspecified atom stereocenters. The van der Waals surface area contributed by atoms with Crippen LogP contribution < -0.4 is 20.4 Å². The number of amides is 1. The number of hydrogen-bond acceptors (Lipinski definition) is 5. The summed E-state index contributed by atoms with van der Waals surface area (Å²) in [7, 11) is 0. The molecule has 1 amide bonds. The van der Waals surface area contributed by atoms with Gasteiger partial charge in [-0.05, 0) is 54.7 Å². The van der Waals surface area contributed by atoms with Gasteiger partial charge in [0.25, 0.3) is 5.91 Å². The van der Waals surface area contributed by atoms with Gasteiger partial charge in [-0.15, -0.1) is 0 Å². The molecule has 3 aromatic carbocycles. The number of furan rings is 1. The van der Waals surface area contributed by atoms with E-state index in [1.165, 1.54) is 6.07 Å². The molecule has 1 aliphatic heterocycles. The van der Waals surface area contributed by atoms with Crippen molar-refractivity contribution in [2.24, 2.45) is 0 Å². The minimum absolute atomic E-state index is 0.0198. The van der Waals surface area contributed by atoms with Gasteiger partial charge >= 0.3 is 0 Å². The topological polar surface area (TPSA) is 60.8 Å². The Hall–Kier alpha value is -3.58. The first-order chi connectivity index (χ1) is 20.5. The zero-order valence-corrected chi connectivity index (χ0v) is 24.7. The van der Waals surface area contributed by atoms with E-state index < -0.39 is 40.7 Å². The van der Waals surface area contributed by atoms with Crippen LogP contribution in [0.3, 0.4) is 0 Å². The van der Waals surface area contributed by atoms with Crippen LogP contribution in [0.5, 0.6) is 0 Å². The summed E-state index contributed by atoms with van der Waals surface area (Å²) in [4.78, 5) is 15.6. The van der Waals surface area contributed by atoms with E-state index in [4.69, 9.17) is 51.4 Å². The Morgan fingerprint density at radius 2 is 1.42 bits per heavy atom. The summed E-state index contributed by atoms with van der Waals surface area (Å²) in [5.41, 5.74) is 0.575. The summed E-state index contributed by atoms with van der Waals surface area (Å²) in [6, 6.07) is 12.9. The fraction of sp³-hybridized carbons (Fsp3) is 0.143. The highest BCUT2D eigenvalue weighted by molar-refractivity contribution is 7.80. The molecule has 0 spiro atoms. The molecule has 0 saturated carbocycles. The lowest BCUT2D eigenvalue weighted by atomic mass is 10.2. The quantitative estimate of drug-likeness (QED) is 0.0967. The number of carbonyl (C=O) groups is 1. The first-order valence-electron chi connectivity index (χ1n) is 12.4. The second-order valence-corrected chi connectivity index (χ2v) is 10.8. The van der Waals surface area contributed by atoms with E-state index in [-0.39, 0.29) is 47.1 Å². The van der Waals surface area contributed by atoms with E-state index in [9.17, 15) is 26.7 Å². The number of piperazine rings is 1. The molecule has 1 fully saturated rings. The Labute approximate surface area is 261 Å². The molecule has 5 rings (SSSR count). The number of rotatable bonds is 5. The summed E-state index contributed by atoms with van der Waals surface area (Å²) >= 11 is 24.0. The normalized spacial score (nSPS) is 13.3. The zero-order valence-electron chi connectivity index (χ0n) is 21.6. The first-order valence-corrected chi connectivity index (χ1v) is 14.0. The third-order valence-corrected chi connectivity index (χ3v) is 7.93. The number of benzene rings is 3. The second-order valence-electron chi connectivity index (χ2n) is 9.23. The maximum atomic E-state index is 14.2. The predicted molar refractivity (Wildman–Crippen MR) is 160 cm³/mol. The molecule has 15 heteroatoms. The molecule has 43 heavy (non-hydrogen) atoms. The lowest BCUT2D eigenvalue weighted by Crippen LogP contribution is -2.47. The van der Waals surface area contributed by atoms with E-state index in [1.807, 2.05) is 0 Å². The Bertz CT molecular complexity index is 1720. The van der Waals surface area contributed by atoms with Crippen LogP contribution in [-0.4, -0.2) is 37.2 Å². The number of nitrogens with zero attached hydrogens (tertiary/aromatic N) is 2. The van der Waals surface area contributed by atoms with Crippen LogP contribution in [0.15, 0.2) is 52.9 Å². The highest BCUT2D eigenvalue weighted by Crippen LogP contribution is 2.35. The molecular weight excluding hydrogens is 658 g/mol. The lowest BCUT2D eigenvalue weighted by molar-refractivity contribution is 0.0951. The van der Waals surface area contributed by atoms with Gasteiger partial charge < -0.3 is 19.5 Å². The van der Waals surface area contributed by atoms with Crippen molar-refractivity contribution in [3.05, 3.63) is 98.4 Å². The molecule has 0 aliphatic carbocycles. The van der Waals surface area contributed by atoms with Gasteiger partial charge in [-0.1, -0.05) is 40.9 Å². The smallest absolute Gasteiger partial charge is 0.293 e. The van der Waals surface area contributed by atoms with E-state index >= 15 is 0 Å². The van der Waals surface area contributed by atoms with Gasteiger partial charge in [0, 0.05) is 37.4 Å². The second kappa shape index (κ2) is 12.6. The Morgan fingerprint density at radius 3 is 2.07 bits per heavy atom. The largest absolute Gasteiger partial charge is 0.451 e. The lowest BCUT2D eigenvalue weighted by Gasteiger charge is -2.38. The minimum Gasteiger partial charge on any atom is -0.451 e.